The topological polar surface area (TPSA) is 65.0 Å². The SMILES string of the molecule is C=CCc1cc(OC)c(O)c(-c2cc(CC=C)cc(OC)c2OC(C)=O)c1. The van der Waals surface area contributed by atoms with Crippen LogP contribution in [0.15, 0.2) is 49.6 Å². The van der Waals surface area contributed by atoms with Gasteiger partial charge in [0.25, 0.3) is 0 Å². The summed E-state index contributed by atoms with van der Waals surface area (Å²) in [6.07, 6.45) is 4.71. The molecule has 2 rings (SSSR count). The molecular weight excluding hydrogens is 344 g/mol. The zero-order valence-electron chi connectivity index (χ0n) is 15.9. The minimum atomic E-state index is -0.486. The van der Waals surface area contributed by atoms with E-state index in [2.05, 4.69) is 13.2 Å². The number of carbonyl (C=O) groups is 1. The van der Waals surface area contributed by atoms with Crippen LogP contribution < -0.4 is 14.2 Å². The quantitative estimate of drug-likeness (QED) is 0.423. The summed E-state index contributed by atoms with van der Waals surface area (Å²) in [5.74, 6) is 0.431. The van der Waals surface area contributed by atoms with E-state index >= 15 is 0 Å². The predicted molar refractivity (Wildman–Crippen MR) is 106 cm³/mol. The molecule has 0 aliphatic heterocycles. The van der Waals surface area contributed by atoms with Gasteiger partial charge in [0.05, 0.1) is 14.2 Å². The second-order valence-electron chi connectivity index (χ2n) is 5.95. The van der Waals surface area contributed by atoms with E-state index in [0.29, 0.717) is 35.5 Å². The van der Waals surface area contributed by atoms with Gasteiger partial charge in [-0.1, -0.05) is 12.2 Å². The summed E-state index contributed by atoms with van der Waals surface area (Å²) in [4.78, 5) is 11.7. The zero-order chi connectivity index (χ0) is 20.0. The lowest BCUT2D eigenvalue weighted by Gasteiger charge is -2.18. The van der Waals surface area contributed by atoms with Crippen LogP contribution in [0.1, 0.15) is 18.1 Å². The standard InChI is InChI=1S/C22H24O5/c1-6-8-15-10-17(21(24)19(12-15)25-4)18-11-16(9-7-2)13-20(26-5)22(18)27-14(3)23/h6-7,10-13,24H,1-2,8-9H2,3-5H3. The maximum Gasteiger partial charge on any atom is 0.308 e. The highest BCUT2D eigenvalue weighted by molar-refractivity contribution is 5.84. The number of hydrogen-bond acceptors (Lipinski definition) is 5. The molecule has 0 aliphatic carbocycles. The van der Waals surface area contributed by atoms with Crippen molar-refractivity contribution in [1.82, 2.24) is 0 Å². The van der Waals surface area contributed by atoms with E-state index in [1.165, 1.54) is 21.1 Å². The molecule has 0 saturated heterocycles. The van der Waals surface area contributed by atoms with Gasteiger partial charge >= 0.3 is 5.97 Å². The van der Waals surface area contributed by atoms with Gasteiger partial charge < -0.3 is 19.3 Å². The van der Waals surface area contributed by atoms with Crippen molar-refractivity contribution in [2.75, 3.05) is 14.2 Å². The van der Waals surface area contributed by atoms with E-state index in [0.717, 1.165) is 11.1 Å². The molecule has 0 spiro atoms. The molecule has 142 valence electrons. The lowest BCUT2D eigenvalue weighted by atomic mass is 9.96. The molecule has 5 nitrogen and oxygen atoms in total. The molecule has 0 aliphatic rings. The maximum absolute atomic E-state index is 11.7. The van der Waals surface area contributed by atoms with Crippen molar-refractivity contribution in [1.29, 1.82) is 0 Å². The molecule has 0 amide bonds. The molecule has 1 N–H and O–H groups in total. The Balaban J connectivity index is 2.83. The number of benzene rings is 2. The van der Waals surface area contributed by atoms with Gasteiger partial charge in [-0.3, -0.25) is 4.79 Å². The van der Waals surface area contributed by atoms with Crippen molar-refractivity contribution in [2.24, 2.45) is 0 Å². The number of phenolic OH excluding ortho intramolecular Hbond substituents is 1. The molecule has 2 aromatic rings. The Kier molecular flexibility index (Phi) is 6.66. The lowest BCUT2D eigenvalue weighted by molar-refractivity contribution is -0.131. The first-order valence-corrected chi connectivity index (χ1v) is 8.46. The number of phenols is 1. The largest absolute Gasteiger partial charge is 0.504 e. The number of ether oxygens (including phenoxy) is 3. The Morgan fingerprint density at radius 2 is 1.48 bits per heavy atom. The molecule has 2 aromatic carbocycles. The van der Waals surface area contributed by atoms with E-state index in [1.807, 2.05) is 12.1 Å². The average Bonchev–Trinajstić information content (AvgIpc) is 2.64. The number of esters is 1. The number of allylic oxidation sites excluding steroid dienone is 2. The Labute approximate surface area is 159 Å². The molecule has 0 aromatic heterocycles. The van der Waals surface area contributed by atoms with Crippen molar-refractivity contribution in [3.63, 3.8) is 0 Å². The minimum absolute atomic E-state index is 0.0449. The molecule has 0 heterocycles. The molecule has 27 heavy (non-hydrogen) atoms. The van der Waals surface area contributed by atoms with Crippen LogP contribution in [0, 0.1) is 0 Å². The number of carbonyl (C=O) groups excluding carboxylic acids is 1. The van der Waals surface area contributed by atoms with Crippen LogP contribution in [0.2, 0.25) is 0 Å². The van der Waals surface area contributed by atoms with Gasteiger partial charge in [0.1, 0.15) is 0 Å². The normalized spacial score (nSPS) is 10.2. The number of methoxy groups -OCH3 is 2. The van der Waals surface area contributed by atoms with Crippen molar-refractivity contribution < 1.29 is 24.1 Å². The average molecular weight is 368 g/mol. The number of hydrogen-bond donors (Lipinski definition) is 1. The van der Waals surface area contributed by atoms with Crippen LogP contribution in [0.4, 0.5) is 0 Å². The van der Waals surface area contributed by atoms with E-state index in [1.54, 1.807) is 24.3 Å². The third-order valence-corrected chi connectivity index (χ3v) is 3.99. The van der Waals surface area contributed by atoms with Crippen LogP contribution in [-0.4, -0.2) is 25.3 Å². The molecule has 0 radical (unpaired) electrons. The van der Waals surface area contributed by atoms with Gasteiger partial charge in [0, 0.05) is 18.1 Å². The van der Waals surface area contributed by atoms with Gasteiger partial charge in [-0.2, -0.15) is 0 Å². The van der Waals surface area contributed by atoms with Gasteiger partial charge in [-0.25, -0.2) is 0 Å². The Bertz CT molecular complexity index is 867. The van der Waals surface area contributed by atoms with E-state index < -0.39 is 5.97 Å². The first kappa shape index (κ1) is 20.1. The zero-order valence-corrected chi connectivity index (χ0v) is 15.9. The van der Waals surface area contributed by atoms with Crippen molar-refractivity contribution in [3.8, 4) is 34.1 Å². The fraction of sp³-hybridized carbons (Fsp3) is 0.227. The first-order chi connectivity index (χ1) is 12.9. The Hall–Kier alpha value is -3.21. The molecule has 0 bridgehead atoms. The Morgan fingerprint density at radius 1 is 0.963 bits per heavy atom. The minimum Gasteiger partial charge on any atom is -0.504 e. The molecule has 0 fully saturated rings. The van der Waals surface area contributed by atoms with E-state index in [-0.39, 0.29) is 11.5 Å². The number of rotatable bonds is 8. The van der Waals surface area contributed by atoms with Crippen LogP contribution >= 0.6 is 0 Å². The summed E-state index contributed by atoms with van der Waals surface area (Å²) in [6.45, 7) is 8.83. The summed E-state index contributed by atoms with van der Waals surface area (Å²) in [6, 6.07) is 7.19. The van der Waals surface area contributed by atoms with Crippen LogP contribution in [0.5, 0.6) is 23.0 Å². The first-order valence-electron chi connectivity index (χ1n) is 8.46. The van der Waals surface area contributed by atoms with Gasteiger partial charge in [-0.15, -0.1) is 13.2 Å². The van der Waals surface area contributed by atoms with Gasteiger partial charge in [0.15, 0.2) is 23.0 Å². The van der Waals surface area contributed by atoms with Crippen molar-refractivity contribution in [3.05, 3.63) is 60.7 Å². The van der Waals surface area contributed by atoms with Crippen LogP contribution in [0.25, 0.3) is 11.1 Å². The molecule has 0 unspecified atom stereocenters. The highest BCUT2D eigenvalue weighted by Crippen LogP contribution is 2.46. The highest BCUT2D eigenvalue weighted by Gasteiger charge is 2.21. The monoisotopic (exact) mass is 368 g/mol. The van der Waals surface area contributed by atoms with Crippen LogP contribution in [0.3, 0.4) is 0 Å². The Morgan fingerprint density at radius 3 is 1.96 bits per heavy atom. The summed E-state index contributed by atoms with van der Waals surface area (Å²) in [7, 11) is 2.98. The second kappa shape index (κ2) is 8.94. The second-order valence-corrected chi connectivity index (χ2v) is 5.95. The summed E-state index contributed by atoms with van der Waals surface area (Å²) >= 11 is 0. The van der Waals surface area contributed by atoms with E-state index in [9.17, 15) is 9.90 Å². The molecule has 5 heteroatoms. The molecular formula is C22H24O5. The highest BCUT2D eigenvalue weighted by atomic mass is 16.6. The van der Waals surface area contributed by atoms with Crippen molar-refractivity contribution in [2.45, 2.75) is 19.8 Å². The lowest BCUT2D eigenvalue weighted by Crippen LogP contribution is -2.05. The number of aromatic hydroxyl groups is 1. The van der Waals surface area contributed by atoms with Gasteiger partial charge in [-0.05, 0) is 48.2 Å². The third-order valence-electron chi connectivity index (χ3n) is 3.99. The predicted octanol–water partition coefficient (Wildman–Crippen LogP) is 4.46. The fourth-order valence-electron chi connectivity index (χ4n) is 2.85. The molecule has 0 saturated carbocycles. The van der Waals surface area contributed by atoms with Crippen LogP contribution in [-0.2, 0) is 17.6 Å². The fourth-order valence-corrected chi connectivity index (χ4v) is 2.85. The summed E-state index contributed by atoms with van der Waals surface area (Å²) in [5, 5.41) is 10.7. The molecule has 0 atom stereocenters. The van der Waals surface area contributed by atoms with E-state index in [4.69, 9.17) is 14.2 Å². The summed E-state index contributed by atoms with van der Waals surface area (Å²) < 4.78 is 16.2. The third kappa shape index (κ3) is 4.50. The maximum atomic E-state index is 11.7. The summed E-state index contributed by atoms with van der Waals surface area (Å²) in [5.41, 5.74) is 2.81. The smallest absolute Gasteiger partial charge is 0.308 e. The van der Waals surface area contributed by atoms with Crippen molar-refractivity contribution >= 4 is 5.97 Å². The van der Waals surface area contributed by atoms with Gasteiger partial charge in [0.2, 0.25) is 0 Å².